The second kappa shape index (κ2) is 10.2. The molecule has 5 nitrogen and oxygen atoms in total. The van der Waals surface area contributed by atoms with E-state index in [2.05, 4.69) is 27.8 Å². The molecule has 8 heteroatoms. The summed E-state index contributed by atoms with van der Waals surface area (Å²) >= 11 is 2.78. The number of carbonyl (C=O) groups excluding carboxylic acids is 1. The third-order valence-electron chi connectivity index (χ3n) is 3.19. The third-order valence-corrected chi connectivity index (χ3v) is 5.21. The maximum absolute atomic E-state index is 12.8. The van der Waals surface area contributed by atoms with E-state index in [-0.39, 0.29) is 11.7 Å². The highest BCUT2D eigenvalue weighted by Gasteiger charge is 2.08. The number of benzene rings is 1. The van der Waals surface area contributed by atoms with Crippen molar-refractivity contribution in [2.75, 3.05) is 17.6 Å². The van der Waals surface area contributed by atoms with Gasteiger partial charge in [0.1, 0.15) is 5.82 Å². The molecule has 2 rings (SSSR count). The molecule has 0 saturated heterocycles. The first-order valence-electron chi connectivity index (χ1n) is 7.88. The van der Waals surface area contributed by atoms with E-state index < -0.39 is 0 Å². The van der Waals surface area contributed by atoms with E-state index in [0.717, 1.165) is 35.7 Å². The van der Waals surface area contributed by atoms with E-state index in [9.17, 15) is 9.18 Å². The molecule has 0 atom stereocenters. The first kappa shape index (κ1) is 18.7. The number of thioether (sulfide) groups is 1. The molecule has 0 spiro atoms. The van der Waals surface area contributed by atoms with Crippen LogP contribution in [0.3, 0.4) is 0 Å². The quantitative estimate of drug-likeness (QED) is 0.495. The molecule has 0 unspecified atom stereocenters. The lowest BCUT2D eigenvalue weighted by molar-refractivity contribution is -0.118. The van der Waals surface area contributed by atoms with Crippen LogP contribution in [-0.2, 0) is 11.3 Å². The summed E-state index contributed by atoms with van der Waals surface area (Å²) in [7, 11) is 0. The van der Waals surface area contributed by atoms with Gasteiger partial charge in [0.05, 0.1) is 5.75 Å². The van der Waals surface area contributed by atoms with Gasteiger partial charge in [0.25, 0.3) is 0 Å². The van der Waals surface area contributed by atoms with Crippen LogP contribution in [0, 0.1) is 5.82 Å². The number of aromatic nitrogens is 2. The number of hydrogen-bond acceptors (Lipinski definition) is 6. The Hall–Kier alpha value is -1.67. The van der Waals surface area contributed by atoms with Gasteiger partial charge in [-0.2, -0.15) is 0 Å². The molecule has 1 aromatic heterocycles. The molecule has 0 fully saturated rings. The van der Waals surface area contributed by atoms with Crippen molar-refractivity contribution in [3.63, 3.8) is 0 Å². The van der Waals surface area contributed by atoms with Gasteiger partial charge in [-0.05, 0) is 24.1 Å². The molecule has 0 radical (unpaired) electrons. The van der Waals surface area contributed by atoms with Crippen LogP contribution >= 0.6 is 23.1 Å². The van der Waals surface area contributed by atoms with Gasteiger partial charge in [0, 0.05) is 13.1 Å². The second-order valence-electron chi connectivity index (χ2n) is 5.20. The Kier molecular flexibility index (Phi) is 7.97. The summed E-state index contributed by atoms with van der Waals surface area (Å²) in [5, 5.41) is 14.8. The zero-order valence-corrected chi connectivity index (χ0v) is 15.2. The fourth-order valence-corrected chi connectivity index (χ4v) is 3.48. The van der Waals surface area contributed by atoms with Crippen LogP contribution < -0.4 is 10.6 Å². The standard InChI is InChI=1S/C16H21FN4OS2/c1-2-3-4-9-18-14(22)11-23-16-21-20-15(24-16)19-10-12-5-7-13(17)8-6-12/h5-8H,2-4,9-11H2,1H3,(H,18,22)(H,19,20). The Balaban J connectivity index is 1.68. The van der Waals surface area contributed by atoms with Crippen LogP contribution in [0.15, 0.2) is 28.6 Å². The van der Waals surface area contributed by atoms with E-state index in [1.54, 1.807) is 12.1 Å². The Morgan fingerprint density at radius 1 is 1.25 bits per heavy atom. The summed E-state index contributed by atoms with van der Waals surface area (Å²) in [4.78, 5) is 11.7. The predicted octanol–water partition coefficient (Wildman–Crippen LogP) is 3.69. The lowest BCUT2D eigenvalue weighted by atomic mass is 10.2. The monoisotopic (exact) mass is 368 g/mol. The van der Waals surface area contributed by atoms with Gasteiger partial charge < -0.3 is 10.6 Å². The van der Waals surface area contributed by atoms with E-state index in [1.807, 2.05) is 0 Å². The van der Waals surface area contributed by atoms with Gasteiger partial charge in [-0.3, -0.25) is 4.79 Å². The zero-order valence-electron chi connectivity index (χ0n) is 13.5. The number of unbranched alkanes of at least 4 members (excludes halogenated alkanes) is 2. The lowest BCUT2D eigenvalue weighted by Gasteiger charge is -2.03. The molecule has 24 heavy (non-hydrogen) atoms. The highest BCUT2D eigenvalue weighted by molar-refractivity contribution is 8.01. The van der Waals surface area contributed by atoms with Crippen LogP contribution in [0.4, 0.5) is 9.52 Å². The normalized spacial score (nSPS) is 10.6. The minimum atomic E-state index is -0.249. The van der Waals surface area contributed by atoms with E-state index in [1.165, 1.54) is 35.2 Å². The molecule has 0 aliphatic rings. The average Bonchev–Trinajstić information content (AvgIpc) is 3.04. The Labute approximate surface area is 149 Å². The number of carbonyl (C=O) groups is 1. The fraction of sp³-hybridized carbons (Fsp3) is 0.438. The Morgan fingerprint density at radius 3 is 2.79 bits per heavy atom. The molecular formula is C16H21FN4OS2. The van der Waals surface area contributed by atoms with Crippen molar-refractivity contribution in [2.45, 2.75) is 37.1 Å². The van der Waals surface area contributed by atoms with Gasteiger partial charge in [-0.25, -0.2) is 4.39 Å². The smallest absolute Gasteiger partial charge is 0.230 e. The summed E-state index contributed by atoms with van der Waals surface area (Å²) in [5.74, 6) is 0.118. The van der Waals surface area contributed by atoms with Gasteiger partial charge >= 0.3 is 0 Å². The van der Waals surface area contributed by atoms with Crippen molar-refractivity contribution < 1.29 is 9.18 Å². The number of nitrogens with zero attached hydrogens (tertiary/aromatic N) is 2. The average molecular weight is 369 g/mol. The molecule has 1 heterocycles. The van der Waals surface area contributed by atoms with Crippen LogP contribution in [0.2, 0.25) is 0 Å². The van der Waals surface area contributed by atoms with Crippen molar-refractivity contribution in [1.82, 2.24) is 15.5 Å². The molecule has 2 aromatic rings. The maximum atomic E-state index is 12.8. The maximum Gasteiger partial charge on any atom is 0.230 e. The summed E-state index contributed by atoms with van der Waals surface area (Å²) < 4.78 is 13.6. The van der Waals surface area contributed by atoms with Crippen molar-refractivity contribution in [3.05, 3.63) is 35.6 Å². The largest absolute Gasteiger partial charge is 0.356 e. The molecule has 0 saturated carbocycles. The summed E-state index contributed by atoms with van der Waals surface area (Å²) in [5.41, 5.74) is 0.965. The number of hydrogen-bond donors (Lipinski definition) is 2. The number of anilines is 1. The molecule has 1 aromatic carbocycles. The number of halogens is 1. The van der Waals surface area contributed by atoms with Crippen molar-refractivity contribution in [3.8, 4) is 0 Å². The minimum absolute atomic E-state index is 0.0205. The third kappa shape index (κ3) is 6.84. The number of rotatable bonds is 10. The van der Waals surface area contributed by atoms with Gasteiger partial charge in [-0.1, -0.05) is 55.0 Å². The summed E-state index contributed by atoms with van der Waals surface area (Å²) in [6.07, 6.45) is 3.29. The predicted molar refractivity (Wildman–Crippen MR) is 96.9 cm³/mol. The summed E-state index contributed by atoms with van der Waals surface area (Å²) in [6.45, 7) is 3.42. The van der Waals surface area contributed by atoms with Gasteiger partial charge in [0.15, 0.2) is 4.34 Å². The van der Waals surface area contributed by atoms with Crippen LogP contribution in [0.5, 0.6) is 0 Å². The zero-order chi connectivity index (χ0) is 17.2. The highest BCUT2D eigenvalue weighted by atomic mass is 32.2. The molecule has 0 bridgehead atoms. The Morgan fingerprint density at radius 2 is 2.04 bits per heavy atom. The molecule has 1 amide bonds. The van der Waals surface area contributed by atoms with Crippen LogP contribution in [-0.4, -0.2) is 28.4 Å². The highest BCUT2D eigenvalue weighted by Crippen LogP contribution is 2.25. The lowest BCUT2D eigenvalue weighted by Crippen LogP contribution is -2.26. The SMILES string of the molecule is CCCCCNC(=O)CSc1nnc(NCc2ccc(F)cc2)s1. The number of amides is 1. The first-order chi connectivity index (χ1) is 11.7. The molecule has 2 N–H and O–H groups in total. The van der Waals surface area contributed by atoms with Gasteiger partial charge in [0.2, 0.25) is 11.0 Å². The fourth-order valence-electron chi connectivity index (χ4n) is 1.90. The van der Waals surface area contributed by atoms with Crippen LogP contribution in [0.1, 0.15) is 31.7 Å². The summed E-state index contributed by atoms with van der Waals surface area (Å²) in [6, 6.07) is 6.30. The van der Waals surface area contributed by atoms with Crippen LogP contribution in [0.25, 0.3) is 0 Å². The van der Waals surface area contributed by atoms with Crippen molar-refractivity contribution in [2.24, 2.45) is 0 Å². The molecular weight excluding hydrogens is 347 g/mol. The minimum Gasteiger partial charge on any atom is -0.356 e. The van der Waals surface area contributed by atoms with Crippen molar-refractivity contribution in [1.29, 1.82) is 0 Å². The first-order valence-corrected chi connectivity index (χ1v) is 9.69. The molecule has 0 aliphatic carbocycles. The second-order valence-corrected chi connectivity index (χ2v) is 7.40. The van der Waals surface area contributed by atoms with E-state index in [4.69, 9.17) is 0 Å². The Bertz CT molecular complexity index is 633. The van der Waals surface area contributed by atoms with Gasteiger partial charge in [-0.15, -0.1) is 10.2 Å². The van der Waals surface area contributed by atoms with E-state index in [0.29, 0.717) is 17.4 Å². The topological polar surface area (TPSA) is 66.9 Å². The molecule has 0 aliphatic heterocycles. The van der Waals surface area contributed by atoms with E-state index >= 15 is 0 Å². The molecule has 130 valence electrons. The van der Waals surface area contributed by atoms with Crippen molar-refractivity contribution >= 4 is 34.1 Å². The number of nitrogens with one attached hydrogen (secondary N) is 2.